The maximum absolute atomic E-state index is 9.35. The van der Waals surface area contributed by atoms with Crippen LogP contribution in [0.4, 0.5) is 0 Å². The van der Waals surface area contributed by atoms with Gasteiger partial charge in [-0.25, -0.2) is 0 Å². The maximum atomic E-state index is 9.35. The standard InChI is InChI=1S/C11H20N2O/c1-3-10(8-12)13-6-4-5-11(13)7-9(2)14/h9-11,14H,3-7H2,1-2H3. The van der Waals surface area contributed by atoms with Crippen molar-refractivity contribution in [3.63, 3.8) is 0 Å². The van der Waals surface area contributed by atoms with Crippen LogP contribution in [-0.4, -0.2) is 34.7 Å². The van der Waals surface area contributed by atoms with E-state index in [1.165, 1.54) is 0 Å². The van der Waals surface area contributed by atoms with Crippen LogP contribution >= 0.6 is 0 Å². The Morgan fingerprint density at radius 2 is 2.36 bits per heavy atom. The summed E-state index contributed by atoms with van der Waals surface area (Å²) in [7, 11) is 0. The van der Waals surface area contributed by atoms with Crippen LogP contribution in [0.1, 0.15) is 39.5 Å². The fraction of sp³-hybridized carbons (Fsp3) is 0.909. The summed E-state index contributed by atoms with van der Waals surface area (Å²) in [6.07, 6.45) is 3.72. The molecule has 1 rings (SSSR count). The third-order valence-electron chi connectivity index (χ3n) is 2.97. The van der Waals surface area contributed by atoms with Crippen molar-refractivity contribution in [1.29, 1.82) is 5.26 Å². The summed E-state index contributed by atoms with van der Waals surface area (Å²) in [6, 6.07) is 2.80. The van der Waals surface area contributed by atoms with Crippen molar-refractivity contribution >= 4 is 0 Å². The van der Waals surface area contributed by atoms with Gasteiger partial charge in [-0.1, -0.05) is 6.92 Å². The fourth-order valence-electron chi connectivity index (χ4n) is 2.32. The highest BCUT2D eigenvalue weighted by Gasteiger charge is 2.30. The van der Waals surface area contributed by atoms with Gasteiger partial charge in [0.2, 0.25) is 0 Å². The minimum absolute atomic E-state index is 0.0428. The smallest absolute Gasteiger partial charge is 0.0977 e. The molecule has 3 atom stereocenters. The Kier molecular flexibility index (Phi) is 4.37. The fourth-order valence-corrected chi connectivity index (χ4v) is 2.32. The summed E-state index contributed by atoms with van der Waals surface area (Å²) in [5.41, 5.74) is 0. The summed E-state index contributed by atoms with van der Waals surface area (Å²) < 4.78 is 0. The lowest BCUT2D eigenvalue weighted by atomic mass is 10.1. The van der Waals surface area contributed by atoms with Crippen molar-refractivity contribution in [2.45, 2.75) is 57.7 Å². The van der Waals surface area contributed by atoms with Gasteiger partial charge in [0.1, 0.15) is 0 Å². The Morgan fingerprint density at radius 1 is 1.64 bits per heavy atom. The molecule has 0 radical (unpaired) electrons. The summed E-state index contributed by atoms with van der Waals surface area (Å²) >= 11 is 0. The van der Waals surface area contributed by atoms with Gasteiger partial charge in [-0.3, -0.25) is 4.90 Å². The van der Waals surface area contributed by atoms with Crippen molar-refractivity contribution in [1.82, 2.24) is 4.90 Å². The van der Waals surface area contributed by atoms with Gasteiger partial charge in [0.25, 0.3) is 0 Å². The van der Waals surface area contributed by atoms with Crippen molar-refractivity contribution in [2.75, 3.05) is 6.54 Å². The second kappa shape index (κ2) is 5.33. The average molecular weight is 196 g/mol. The third kappa shape index (κ3) is 2.70. The number of likely N-dealkylation sites (tertiary alicyclic amines) is 1. The second-order valence-electron chi connectivity index (χ2n) is 4.17. The van der Waals surface area contributed by atoms with Crippen LogP contribution in [0.25, 0.3) is 0 Å². The molecule has 3 heteroatoms. The largest absolute Gasteiger partial charge is 0.393 e. The number of hydrogen-bond acceptors (Lipinski definition) is 3. The number of aliphatic hydroxyl groups is 1. The highest BCUT2D eigenvalue weighted by molar-refractivity contribution is 4.96. The molecule has 0 amide bonds. The second-order valence-corrected chi connectivity index (χ2v) is 4.17. The van der Waals surface area contributed by atoms with Crippen LogP contribution in [0, 0.1) is 11.3 Å². The Hall–Kier alpha value is -0.590. The average Bonchev–Trinajstić information content (AvgIpc) is 2.55. The van der Waals surface area contributed by atoms with E-state index in [9.17, 15) is 5.11 Å². The van der Waals surface area contributed by atoms with Gasteiger partial charge in [-0.05, 0) is 39.2 Å². The van der Waals surface area contributed by atoms with E-state index in [1.807, 2.05) is 13.8 Å². The van der Waals surface area contributed by atoms with Gasteiger partial charge in [0, 0.05) is 6.04 Å². The first-order chi connectivity index (χ1) is 6.69. The van der Waals surface area contributed by atoms with Crippen molar-refractivity contribution < 1.29 is 5.11 Å². The summed E-state index contributed by atoms with van der Waals surface area (Å²) in [5.74, 6) is 0. The van der Waals surface area contributed by atoms with Crippen LogP contribution in [0.3, 0.4) is 0 Å². The molecule has 3 unspecified atom stereocenters. The van der Waals surface area contributed by atoms with Crippen LogP contribution in [0.15, 0.2) is 0 Å². The zero-order valence-corrected chi connectivity index (χ0v) is 9.11. The molecular formula is C11H20N2O. The van der Waals surface area contributed by atoms with Gasteiger partial charge in [0.05, 0.1) is 18.2 Å². The predicted octanol–water partition coefficient (Wildman–Crippen LogP) is 1.52. The highest BCUT2D eigenvalue weighted by atomic mass is 16.3. The number of nitrogens with zero attached hydrogens (tertiary/aromatic N) is 2. The molecular weight excluding hydrogens is 176 g/mol. The summed E-state index contributed by atoms with van der Waals surface area (Å²) in [4.78, 5) is 2.26. The van der Waals surface area contributed by atoms with Gasteiger partial charge in [-0.15, -0.1) is 0 Å². The van der Waals surface area contributed by atoms with Crippen molar-refractivity contribution in [2.24, 2.45) is 0 Å². The first-order valence-corrected chi connectivity index (χ1v) is 5.52. The number of nitriles is 1. The number of aliphatic hydroxyl groups excluding tert-OH is 1. The molecule has 0 aromatic rings. The lowest BCUT2D eigenvalue weighted by Gasteiger charge is -2.28. The molecule has 1 N–H and O–H groups in total. The molecule has 80 valence electrons. The van der Waals surface area contributed by atoms with E-state index in [4.69, 9.17) is 5.26 Å². The minimum atomic E-state index is -0.253. The van der Waals surface area contributed by atoms with Gasteiger partial charge < -0.3 is 5.11 Å². The predicted molar refractivity (Wildman–Crippen MR) is 55.7 cm³/mol. The van der Waals surface area contributed by atoms with Crippen LogP contribution < -0.4 is 0 Å². The Balaban J connectivity index is 2.54. The van der Waals surface area contributed by atoms with E-state index in [1.54, 1.807) is 0 Å². The highest BCUT2D eigenvalue weighted by Crippen LogP contribution is 2.24. The molecule has 0 saturated carbocycles. The van der Waals surface area contributed by atoms with E-state index < -0.39 is 0 Å². The normalized spacial score (nSPS) is 27.1. The first kappa shape index (κ1) is 11.5. The van der Waals surface area contributed by atoms with E-state index in [0.717, 1.165) is 32.2 Å². The molecule has 0 bridgehead atoms. The van der Waals surface area contributed by atoms with Gasteiger partial charge in [-0.2, -0.15) is 5.26 Å². The van der Waals surface area contributed by atoms with E-state index >= 15 is 0 Å². The summed E-state index contributed by atoms with van der Waals surface area (Å²) in [6.45, 7) is 4.89. The molecule has 1 heterocycles. The Morgan fingerprint density at radius 3 is 2.86 bits per heavy atom. The summed E-state index contributed by atoms with van der Waals surface area (Å²) in [5, 5.41) is 18.3. The lowest BCUT2D eigenvalue weighted by molar-refractivity contribution is 0.121. The molecule has 1 saturated heterocycles. The van der Waals surface area contributed by atoms with E-state index in [-0.39, 0.29) is 12.1 Å². The van der Waals surface area contributed by atoms with Crippen LogP contribution in [-0.2, 0) is 0 Å². The molecule has 0 aromatic heterocycles. The molecule has 0 aliphatic carbocycles. The van der Waals surface area contributed by atoms with E-state index in [2.05, 4.69) is 11.0 Å². The molecule has 1 aliphatic rings. The van der Waals surface area contributed by atoms with Crippen LogP contribution in [0.5, 0.6) is 0 Å². The molecule has 0 aromatic carbocycles. The number of hydrogen-bond donors (Lipinski definition) is 1. The first-order valence-electron chi connectivity index (χ1n) is 5.52. The lowest BCUT2D eigenvalue weighted by Crippen LogP contribution is -2.39. The quantitative estimate of drug-likeness (QED) is 0.741. The van der Waals surface area contributed by atoms with E-state index in [0.29, 0.717) is 6.04 Å². The molecule has 0 spiro atoms. The molecule has 14 heavy (non-hydrogen) atoms. The Labute approximate surface area is 86.3 Å². The molecule has 1 fully saturated rings. The zero-order chi connectivity index (χ0) is 10.6. The monoisotopic (exact) mass is 196 g/mol. The zero-order valence-electron chi connectivity index (χ0n) is 9.11. The topological polar surface area (TPSA) is 47.3 Å². The SMILES string of the molecule is CCC(C#N)N1CCCC1CC(C)O. The van der Waals surface area contributed by atoms with Crippen molar-refractivity contribution in [3.05, 3.63) is 0 Å². The number of rotatable bonds is 4. The van der Waals surface area contributed by atoms with Gasteiger partial charge in [0.15, 0.2) is 0 Å². The van der Waals surface area contributed by atoms with Crippen LogP contribution in [0.2, 0.25) is 0 Å². The van der Waals surface area contributed by atoms with Gasteiger partial charge >= 0.3 is 0 Å². The molecule has 1 aliphatic heterocycles. The molecule has 3 nitrogen and oxygen atoms in total. The third-order valence-corrected chi connectivity index (χ3v) is 2.97. The Bertz CT molecular complexity index is 210. The maximum Gasteiger partial charge on any atom is 0.0977 e. The minimum Gasteiger partial charge on any atom is -0.393 e. The van der Waals surface area contributed by atoms with Crippen molar-refractivity contribution in [3.8, 4) is 6.07 Å².